The molecule has 0 unspecified atom stereocenters. The predicted molar refractivity (Wildman–Crippen MR) is 96.6 cm³/mol. The van der Waals surface area contributed by atoms with Crippen LogP contribution in [-0.2, 0) is 6.54 Å². The third-order valence-electron chi connectivity index (χ3n) is 3.86. The molecule has 132 valence electrons. The molecule has 2 amide bonds. The van der Waals surface area contributed by atoms with Gasteiger partial charge in [0.05, 0.1) is 18.1 Å². The van der Waals surface area contributed by atoms with Crippen molar-refractivity contribution in [2.75, 3.05) is 5.32 Å². The molecule has 3 aromatic rings. The lowest BCUT2D eigenvalue weighted by molar-refractivity contribution is 0.0988. The van der Waals surface area contributed by atoms with Gasteiger partial charge in [-0.2, -0.15) is 5.10 Å². The zero-order valence-corrected chi connectivity index (χ0v) is 14.4. The van der Waals surface area contributed by atoms with Crippen LogP contribution in [0.25, 0.3) is 11.1 Å². The van der Waals surface area contributed by atoms with Crippen molar-refractivity contribution in [2.24, 2.45) is 5.73 Å². The zero-order valence-electron chi connectivity index (χ0n) is 14.4. The molecule has 8 nitrogen and oxygen atoms in total. The van der Waals surface area contributed by atoms with E-state index < -0.39 is 11.8 Å². The van der Waals surface area contributed by atoms with E-state index in [1.165, 1.54) is 12.4 Å². The van der Waals surface area contributed by atoms with Crippen LogP contribution < -0.4 is 11.1 Å². The number of aromatic nitrogens is 4. The molecule has 1 aromatic carbocycles. The molecule has 0 aliphatic rings. The van der Waals surface area contributed by atoms with Crippen molar-refractivity contribution in [3.05, 3.63) is 59.8 Å². The van der Waals surface area contributed by atoms with Crippen LogP contribution in [0.1, 0.15) is 33.6 Å². The first-order valence-corrected chi connectivity index (χ1v) is 8.07. The fourth-order valence-corrected chi connectivity index (χ4v) is 2.63. The number of anilines is 1. The van der Waals surface area contributed by atoms with Crippen LogP contribution in [0.2, 0.25) is 0 Å². The van der Waals surface area contributed by atoms with Crippen LogP contribution in [-0.4, -0.2) is 31.6 Å². The van der Waals surface area contributed by atoms with Crippen molar-refractivity contribution in [2.45, 2.75) is 20.4 Å². The molecule has 0 saturated carbocycles. The minimum Gasteiger partial charge on any atom is -0.364 e. The third kappa shape index (κ3) is 3.30. The summed E-state index contributed by atoms with van der Waals surface area (Å²) in [6, 6.07) is 9.70. The SMILES string of the molecule is CCn1nc(C)c(-c2ccccc2)c1NC(=O)c1cnc(C(N)=O)cn1. The number of rotatable bonds is 5. The number of benzene rings is 1. The Kier molecular flexibility index (Phi) is 4.74. The number of hydrogen-bond donors (Lipinski definition) is 2. The van der Waals surface area contributed by atoms with Crippen molar-refractivity contribution in [1.29, 1.82) is 0 Å². The van der Waals surface area contributed by atoms with Crippen LogP contribution in [0.3, 0.4) is 0 Å². The van der Waals surface area contributed by atoms with Gasteiger partial charge in [0.15, 0.2) is 0 Å². The smallest absolute Gasteiger partial charge is 0.277 e. The molecule has 3 rings (SSSR count). The highest BCUT2D eigenvalue weighted by atomic mass is 16.2. The van der Waals surface area contributed by atoms with E-state index in [0.29, 0.717) is 12.4 Å². The number of primary amides is 1. The molecule has 0 fully saturated rings. The molecule has 26 heavy (non-hydrogen) atoms. The van der Waals surface area contributed by atoms with E-state index in [9.17, 15) is 9.59 Å². The van der Waals surface area contributed by atoms with Gasteiger partial charge in [0.1, 0.15) is 17.2 Å². The number of carbonyl (C=O) groups excluding carboxylic acids is 2. The quantitative estimate of drug-likeness (QED) is 0.730. The Hall–Kier alpha value is -3.55. The fraction of sp³-hybridized carbons (Fsp3) is 0.167. The lowest BCUT2D eigenvalue weighted by atomic mass is 10.1. The van der Waals surface area contributed by atoms with Gasteiger partial charge < -0.3 is 11.1 Å². The van der Waals surface area contributed by atoms with Gasteiger partial charge in [0, 0.05) is 12.1 Å². The van der Waals surface area contributed by atoms with E-state index in [4.69, 9.17) is 5.73 Å². The average molecular weight is 350 g/mol. The Bertz CT molecular complexity index is 948. The second kappa shape index (κ2) is 7.14. The standard InChI is InChI=1S/C18H18N6O2/c1-3-24-17(15(11(2)23-24)12-7-5-4-6-8-12)22-18(26)14-10-20-13(9-21-14)16(19)25/h4-10H,3H2,1-2H3,(H2,19,25)(H,22,26). The number of nitrogens with one attached hydrogen (secondary N) is 1. The van der Waals surface area contributed by atoms with Crippen LogP contribution in [0, 0.1) is 6.92 Å². The minimum atomic E-state index is -0.699. The van der Waals surface area contributed by atoms with Crippen molar-refractivity contribution in [1.82, 2.24) is 19.7 Å². The van der Waals surface area contributed by atoms with E-state index in [-0.39, 0.29) is 11.4 Å². The van der Waals surface area contributed by atoms with Crippen molar-refractivity contribution in [3.63, 3.8) is 0 Å². The number of hydrogen-bond acceptors (Lipinski definition) is 5. The summed E-state index contributed by atoms with van der Waals surface area (Å²) >= 11 is 0. The normalized spacial score (nSPS) is 10.5. The van der Waals surface area contributed by atoms with Gasteiger partial charge in [-0.3, -0.25) is 9.59 Å². The molecule has 8 heteroatoms. The first kappa shape index (κ1) is 17.3. The van der Waals surface area contributed by atoms with Gasteiger partial charge in [-0.05, 0) is 19.4 Å². The Morgan fingerprint density at radius 2 is 1.77 bits per heavy atom. The maximum Gasteiger partial charge on any atom is 0.277 e. The first-order valence-electron chi connectivity index (χ1n) is 8.07. The maximum atomic E-state index is 12.6. The molecule has 0 atom stereocenters. The van der Waals surface area contributed by atoms with Crippen molar-refractivity contribution in [3.8, 4) is 11.1 Å². The van der Waals surface area contributed by atoms with Crippen LogP contribution in [0.15, 0.2) is 42.7 Å². The lowest BCUT2D eigenvalue weighted by Crippen LogP contribution is -2.19. The van der Waals surface area contributed by atoms with Gasteiger partial charge in [-0.1, -0.05) is 30.3 Å². The van der Waals surface area contributed by atoms with Gasteiger partial charge in [-0.15, -0.1) is 0 Å². The van der Waals surface area contributed by atoms with E-state index >= 15 is 0 Å². The summed E-state index contributed by atoms with van der Waals surface area (Å²) in [5.74, 6) is -0.558. The van der Waals surface area contributed by atoms with Gasteiger partial charge in [-0.25, -0.2) is 14.6 Å². The van der Waals surface area contributed by atoms with Gasteiger partial charge >= 0.3 is 0 Å². The highest BCUT2D eigenvalue weighted by molar-refractivity contribution is 6.04. The molecule has 0 radical (unpaired) electrons. The second-order valence-corrected chi connectivity index (χ2v) is 5.60. The summed E-state index contributed by atoms with van der Waals surface area (Å²) in [4.78, 5) is 31.5. The Morgan fingerprint density at radius 3 is 2.35 bits per heavy atom. The average Bonchev–Trinajstić information content (AvgIpc) is 2.97. The summed E-state index contributed by atoms with van der Waals surface area (Å²) in [7, 11) is 0. The monoisotopic (exact) mass is 350 g/mol. The Morgan fingerprint density at radius 1 is 1.12 bits per heavy atom. The number of nitrogens with zero attached hydrogens (tertiary/aromatic N) is 4. The zero-order chi connectivity index (χ0) is 18.7. The topological polar surface area (TPSA) is 116 Å². The highest BCUT2D eigenvalue weighted by Gasteiger charge is 2.19. The number of carbonyl (C=O) groups is 2. The molecular weight excluding hydrogens is 332 g/mol. The summed E-state index contributed by atoms with van der Waals surface area (Å²) in [6.07, 6.45) is 2.40. The number of aryl methyl sites for hydroxylation is 2. The maximum absolute atomic E-state index is 12.6. The molecule has 0 spiro atoms. The van der Waals surface area contributed by atoms with Gasteiger partial charge in [0.25, 0.3) is 11.8 Å². The summed E-state index contributed by atoms with van der Waals surface area (Å²) in [5, 5.41) is 7.35. The Labute approximate surface area is 150 Å². The molecule has 2 heterocycles. The van der Waals surface area contributed by atoms with Crippen molar-refractivity contribution >= 4 is 17.6 Å². The number of amides is 2. The predicted octanol–water partition coefficient (Wildman–Crippen LogP) is 2.02. The van der Waals surface area contributed by atoms with E-state index in [1.54, 1.807) is 4.68 Å². The Balaban J connectivity index is 1.96. The second-order valence-electron chi connectivity index (χ2n) is 5.60. The fourth-order valence-electron chi connectivity index (χ4n) is 2.63. The summed E-state index contributed by atoms with van der Waals surface area (Å²) < 4.78 is 1.72. The van der Waals surface area contributed by atoms with Crippen LogP contribution in [0.4, 0.5) is 5.82 Å². The molecule has 0 bridgehead atoms. The molecule has 0 saturated heterocycles. The third-order valence-corrected chi connectivity index (χ3v) is 3.86. The van der Waals surface area contributed by atoms with E-state index in [0.717, 1.165) is 16.8 Å². The number of nitrogens with two attached hydrogens (primary N) is 1. The molecule has 2 aromatic heterocycles. The molecule has 3 N–H and O–H groups in total. The first-order chi connectivity index (χ1) is 12.5. The van der Waals surface area contributed by atoms with E-state index in [2.05, 4.69) is 20.4 Å². The van der Waals surface area contributed by atoms with Crippen LogP contribution >= 0.6 is 0 Å². The highest BCUT2D eigenvalue weighted by Crippen LogP contribution is 2.31. The molecule has 0 aliphatic carbocycles. The van der Waals surface area contributed by atoms with Crippen LogP contribution in [0.5, 0.6) is 0 Å². The minimum absolute atomic E-state index is 0.000897. The molecular formula is C18H18N6O2. The largest absolute Gasteiger partial charge is 0.364 e. The summed E-state index contributed by atoms with van der Waals surface area (Å²) in [6.45, 7) is 4.43. The summed E-state index contributed by atoms with van der Waals surface area (Å²) in [5.41, 5.74) is 7.83. The van der Waals surface area contributed by atoms with Gasteiger partial charge in [0.2, 0.25) is 0 Å². The van der Waals surface area contributed by atoms with Crippen molar-refractivity contribution < 1.29 is 9.59 Å². The van der Waals surface area contributed by atoms with E-state index in [1.807, 2.05) is 44.2 Å². The lowest BCUT2D eigenvalue weighted by Gasteiger charge is -2.10. The molecule has 0 aliphatic heterocycles.